The Morgan fingerprint density at radius 2 is 1.95 bits per heavy atom. The Morgan fingerprint density at radius 3 is 2.63 bits per heavy atom. The number of nitrogens with one attached hydrogen (secondary N) is 3. The van der Waals surface area contributed by atoms with Crippen molar-refractivity contribution < 1.29 is 33.3 Å². The van der Waals surface area contributed by atoms with Gasteiger partial charge >= 0.3 is 6.09 Å². The number of benzene rings is 2. The van der Waals surface area contributed by atoms with Crippen molar-refractivity contribution in [2.75, 3.05) is 66.9 Å². The highest BCUT2D eigenvalue weighted by molar-refractivity contribution is 6.30. The zero-order valence-corrected chi connectivity index (χ0v) is 26.0. The first kappa shape index (κ1) is 33.0. The van der Waals surface area contributed by atoms with Crippen LogP contribution in [-0.4, -0.2) is 84.9 Å². The van der Waals surface area contributed by atoms with Crippen molar-refractivity contribution >= 4 is 23.6 Å². The van der Waals surface area contributed by atoms with E-state index in [1.165, 1.54) is 7.11 Å². The van der Waals surface area contributed by atoms with Crippen LogP contribution in [0.25, 0.3) is 0 Å². The lowest BCUT2D eigenvalue weighted by atomic mass is 9.90. The molecule has 2 aromatic carbocycles. The molecule has 0 aromatic heterocycles. The summed E-state index contributed by atoms with van der Waals surface area (Å²) in [6, 6.07) is 13.0. The Labute approximate surface area is 259 Å². The molecule has 0 saturated carbocycles. The summed E-state index contributed by atoms with van der Waals surface area (Å²) in [4.78, 5) is 25.1. The van der Waals surface area contributed by atoms with Gasteiger partial charge in [-0.2, -0.15) is 0 Å². The van der Waals surface area contributed by atoms with Gasteiger partial charge in [-0.3, -0.25) is 4.79 Å². The van der Waals surface area contributed by atoms with Crippen LogP contribution in [0.5, 0.6) is 5.75 Å². The lowest BCUT2D eigenvalue weighted by Gasteiger charge is -2.37. The first-order valence-corrected chi connectivity index (χ1v) is 15.2. The van der Waals surface area contributed by atoms with Crippen molar-refractivity contribution in [1.82, 2.24) is 16.0 Å². The van der Waals surface area contributed by atoms with Crippen LogP contribution in [0.1, 0.15) is 53.8 Å². The zero-order valence-electron chi connectivity index (χ0n) is 25.3. The molecule has 2 amide bonds. The van der Waals surface area contributed by atoms with Crippen LogP contribution >= 0.6 is 11.6 Å². The summed E-state index contributed by atoms with van der Waals surface area (Å²) in [5.74, 6) is 0.832. The minimum absolute atomic E-state index is 0.0797. The summed E-state index contributed by atoms with van der Waals surface area (Å²) in [6.45, 7) is 6.31. The molecule has 0 bridgehead atoms. The molecule has 236 valence electrons. The summed E-state index contributed by atoms with van der Waals surface area (Å²) < 4.78 is 28.2. The predicted molar refractivity (Wildman–Crippen MR) is 164 cm³/mol. The van der Waals surface area contributed by atoms with Gasteiger partial charge in [0.15, 0.2) is 0 Å². The average molecular weight is 618 g/mol. The summed E-state index contributed by atoms with van der Waals surface area (Å²) >= 11 is 6.34. The monoisotopic (exact) mass is 617 g/mol. The summed E-state index contributed by atoms with van der Waals surface area (Å²) in [7, 11) is 3.22. The Bertz CT molecular complexity index is 1200. The molecular formula is C32H44ClN3O7. The number of ether oxygens (including phenoxy) is 5. The van der Waals surface area contributed by atoms with E-state index in [9.17, 15) is 9.59 Å². The number of hydrogen-bond acceptors (Lipinski definition) is 8. The largest absolute Gasteiger partial charge is 0.493 e. The van der Waals surface area contributed by atoms with E-state index in [-0.39, 0.29) is 30.5 Å². The number of methoxy groups -OCH3 is 1. The van der Waals surface area contributed by atoms with Crippen LogP contribution in [0.2, 0.25) is 5.02 Å². The molecule has 3 atom stereocenters. The van der Waals surface area contributed by atoms with Gasteiger partial charge in [0.05, 0.1) is 33.5 Å². The molecule has 3 N–H and O–H groups in total. The van der Waals surface area contributed by atoms with Crippen LogP contribution in [-0.2, 0) is 18.9 Å². The maximum Gasteiger partial charge on any atom is 0.406 e. The van der Waals surface area contributed by atoms with Gasteiger partial charge in [0, 0.05) is 48.3 Å². The van der Waals surface area contributed by atoms with Crippen molar-refractivity contribution in [2.24, 2.45) is 11.3 Å². The molecule has 3 unspecified atom stereocenters. The highest BCUT2D eigenvalue weighted by Gasteiger charge is 2.34. The van der Waals surface area contributed by atoms with Gasteiger partial charge in [0.2, 0.25) is 0 Å². The second-order valence-corrected chi connectivity index (χ2v) is 12.1. The zero-order chi connectivity index (χ0) is 30.7. The minimum atomic E-state index is -0.577. The van der Waals surface area contributed by atoms with Gasteiger partial charge in [0.25, 0.3) is 5.91 Å². The number of carbonyl (C=O) groups excluding carboxylic acids is 2. The topological polar surface area (TPSA) is 116 Å². The molecule has 4 rings (SSSR count). The van der Waals surface area contributed by atoms with E-state index >= 15 is 0 Å². The highest BCUT2D eigenvalue weighted by atomic mass is 35.5. The van der Waals surface area contributed by atoms with Gasteiger partial charge in [-0.05, 0) is 73.7 Å². The maximum absolute atomic E-state index is 13.5. The fourth-order valence-corrected chi connectivity index (χ4v) is 5.45. The van der Waals surface area contributed by atoms with Crippen molar-refractivity contribution in [3.63, 3.8) is 0 Å². The normalized spacial score (nSPS) is 19.0. The van der Waals surface area contributed by atoms with E-state index in [1.807, 2.05) is 37.4 Å². The smallest absolute Gasteiger partial charge is 0.406 e. The molecule has 10 nitrogen and oxygen atoms in total. The van der Waals surface area contributed by atoms with Gasteiger partial charge < -0.3 is 39.6 Å². The lowest BCUT2D eigenvalue weighted by Crippen LogP contribution is -2.44. The van der Waals surface area contributed by atoms with Crippen molar-refractivity contribution in [3.05, 3.63) is 64.2 Å². The first-order valence-electron chi connectivity index (χ1n) is 14.9. The molecule has 2 heterocycles. The highest BCUT2D eigenvalue weighted by Crippen LogP contribution is 2.33. The molecule has 2 saturated heterocycles. The van der Waals surface area contributed by atoms with Crippen molar-refractivity contribution in [2.45, 2.75) is 38.3 Å². The van der Waals surface area contributed by atoms with E-state index < -0.39 is 12.2 Å². The molecule has 43 heavy (non-hydrogen) atoms. The Hall–Kier alpha value is -2.89. The summed E-state index contributed by atoms with van der Waals surface area (Å²) in [5.41, 5.74) is 1.91. The molecular weight excluding hydrogens is 574 g/mol. The predicted octanol–water partition coefficient (Wildman–Crippen LogP) is 4.35. The molecule has 2 fully saturated rings. The fourth-order valence-electron chi connectivity index (χ4n) is 5.25. The van der Waals surface area contributed by atoms with E-state index in [4.69, 9.17) is 30.5 Å². The number of alkyl carbamates (subject to hydrolysis) is 1. The third-order valence-corrected chi connectivity index (χ3v) is 8.00. The van der Waals surface area contributed by atoms with Crippen LogP contribution in [0.4, 0.5) is 4.79 Å². The number of amides is 2. The standard InChI is InChI=1S/C32H44ClN3O7/c1-32(19-41-20-32)21-43-28-15-24(29(23-7-4-8-26(33)14-23)42-11-9-35-31(38)39-3)13-25(16-28)30(37)36-17-27(34-2)12-22-6-5-10-40-18-22/h4,7-8,13-16,22,27,29,34H,5-6,9-12,17-21H2,1-3H3,(H,35,38)(H,36,37). The number of rotatable bonds is 15. The number of likely N-dealkylation sites (N-methyl/N-ethyl adjacent to an activating group) is 1. The van der Waals surface area contributed by atoms with Gasteiger partial charge in [-0.25, -0.2) is 4.79 Å². The summed E-state index contributed by atoms with van der Waals surface area (Å²) in [6.07, 6.45) is 2.02. The number of halogens is 1. The van der Waals surface area contributed by atoms with Crippen molar-refractivity contribution in [3.8, 4) is 5.75 Å². The van der Waals surface area contributed by atoms with E-state index in [0.717, 1.165) is 43.6 Å². The first-order chi connectivity index (χ1) is 20.8. The van der Waals surface area contributed by atoms with Crippen LogP contribution in [0.15, 0.2) is 42.5 Å². The van der Waals surface area contributed by atoms with E-state index in [0.29, 0.717) is 48.6 Å². The van der Waals surface area contributed by atoms with Gasteiger partial charge in [0.1, 0.15) is 11.9 Å². The Balaban J connectivity index is 1.55. The molecule has 0 aliphatic carbocycles. The van der Waals surface area contributed by atoms with Crippen molar-refractivity contribution in [1.29, 1.82) is 0 Å². The second kappa shape index (κ2) is 16.3. The van der Waals surface area contributed by atoms with Crippen LogP contribution < -0.4 is 20.7 Å². The van der Waals surface area contributed by atoms with E-state index in [1.54, 1.807) is 12.1 Å². The van der Waals surface area contributed by atoms with Crippen LogP contribution in [0, 0.1) is 11.3 Å². The SMILES string of the molecule is CNC(CNC(=O)c1cc(OCC2(C)COC2)cc(C(OCCNC(=O)OC)c2cccc(Cl)c2)c1)CC1CCCOC1. The average Bonchev–Trinajstić information content (AvgIpc) is 3.01. The summed E-state index contributed by atoms with van der Waals surface area (Å²) in [5, 5.41) is 9.63. The second-order valence-electron chi connectivity index (χ2n) is 11.6. The molecule has 2 aliphatic rings. The third-order valence-electron chi connectivity index (χ3n) is 7.76. The molecule has 0 radical (unpaired) electrons. The fraction of sp³-hybridized carbons (Fsp3) is 0.562. The Kier molecular flexibility index (Phi) is 12.5. The van der Waals surface area contributed by atoms with Gasteiger partial charge in [-0.15, -0.1) is 0 Å². The van der Waals surface area contributed by atoms with Crippen LogP contribution in [0.3, 0.4) is 0 Å². The molecule has 2 aromatic rings. The quantitative estimate of drug-likeness (QED) is 0.253. The third kappa shape index (κ3) is 10.1. The number of carbonyl (C=O) groups is 2. The van der Waals surface area contributed by atoms with Gasteiger partial charge in [-0.1, -0.05) is 30.7 Å². The lowest BCUT2D eigenvalue weighted by molar-refractivity contribution is -0.120. The minimum Gasteiger partial charge on any atom is -0.493 e. The Morgan fingerprint density at radius 1 is 1.12 bits per heavy atom. The molecule has 11 heteroatoms. The number of hydrogen-bond donors (Lipinski definition) is 3. The maximum atomic E-state index is 13.5. The molecule has 0 spiro atoms. The van der Waals surface area contributed by atoms with E-state index in [2.05, 4.69) is 27.6 Å². The molecule has 2 aliphatic heterocycles.